The lowest BCUT2D eigenvalue weighted by molar-refractivity contribution is -0.387. The molecule has 1 aromatic heterocycles. The van der Waals surface area contributed by atoms with Crippen LogP contribution in [0.1, 0.15) is 22.0 Å². The van der Waals surface area contributed by atoms with Crippen molar-refractivity contribution in [1.29, 1.82) is 0 Å². The third-order valence-electron chi connectivity index (χ3n) is 4.69. The number of para-hydroxylation sites is 1. The van der Waals surface area contributed by atoms with Crippen LogP contribution < -0.4 is 0 Å². The first-order chi connectivity index (χ1) is 13.0. The number of nitrogens with zero attached hydrogens (tertiary/aromatic N) is 2. The number of nitro benzene ring substituents is 1. The van der Waals surface area contributed by atoms with E-state index < -0.39 is 26.7 Å². The van der Waals surface area contributed by atoms with Crippen molar-refractivity contribution < 1.29 is 13.3 Å². The highest BCUT2D eigenvalue weighted by molar-refractivity contribution is 7.89. The minimum atomic E-state index is -4.06. The summed E-state index contributed by atoms with van der Waals surface area (Å²) in [6.07, 6.45) is 0.593. The van der Waals surface area contributed by atoms with Crippen molar-refractivity contribution in [2.75, 3.05) is 6.54 Å². The quantitative estimate of drug-likeness (QED) is 0.490. The van der Waals surface area contributed by atoms with Gasteiger partial charge in [-0.1, -0.05) is 42.5 Å². The van der Waals surface area contributed by atoms with Gasteiger partial charge in [-0.25, -0.2) is 8.42 Å². The van der Waals surface area contributed by atoms with E-state index in [1.165, 1.54) is 28.6 Å². The van der Waals surface area contributed by atoms with Crippen LogP contribution in [0.25, 0.3) is 0 Å². The Bertz CT molecular complexity index is 1090. The van der Waals surface area contributed by atoms with Crippen molar-refractivity contribution in [3.05, 3.63) is 92.2 Å². The van der Waals surface area contributed by atoms with Crippen LogP contribution in [0.3, 0.4) is 0 Å². The zero-order valence-electron chi connectivity index (χ0n) is 14.2. The lowest BCUT2D eigenvalue weighted by Crippen LogP contribution is -2.40. The normalized spacial score (nSPS) is 17.4. The molecule has 0 N–H and O–H groups in total. The summed E-state index contributed by atoms with van der Waals surface area (Å²) >= 11 is 1.61. The van der Waals surface area contributed by atoms with E-state index in [9.17, 15) is 18.5 Å². The molecule has 0 radical (unpaired) electrons. The van der Waals surface area contributed by atoms with Crippen molar-refractivity contribution in [1.82, 2.24) is 4.31 Å². The Balaban J connectivity index is 1.88. The lowest BCUT2D eigenvalue weighted by atomic mass is 9.95. The molecule has 0 bridgehead atoms. The topological polar surface area (TPSA) is 80.5 Å². The minimum Gasteiger partial charge on any atom is -0.258 e. The predicted molar refractivity (Wildman–Crippen MR) is 103 cm³/mol. The van der Waals surface area contributed by atoms with E-state index in [1.54, 1.807) is 11.3 Å². The summed E-state index contributed by atoms with van der Waals surface area (Å²) in [5.74, 6) is 0. The molecule has 0 aliphatic carbocycles. The number of fused-ring (bicyclic) bond motifs is 1. The summed E-state index contributed by atoms with van der Waals surface area (Å²) in [6, 6.07) is 16.3. The molecular formula is C19H16N2O4S2. The highest BCUT2D eigenvalue weighted by atomic mass is 32.2. The molecule has 27 heavy (non-hydrogen) atoms. The number of nitro groups is 1. The first-order valence-corrected chi connectivity index (χ1v) is 10.7. The lowest BCUT2D eigenvalue weighted by Gasteiger charge is -2.35. The highest BCUT2D eigenvalue weighted by Crippen LogP contribution is 2.41. The van der Waals surface area contributed by atoms with Crippen LogP contribution in [0.4, 0.5) is 5.69 Å². The van der Waals surface area contributed by atoms with E-state index in [2.05, 4.69) is 0 Å². The molecule has 2 heterocycles. The second-order valence-electron chi connectivity index (χ2n) is 6.20. The van der Waals surface area contributed by atoms with Crippen LogP contribution in [-0.2, 0) is 16.4 Å². The molecule has 0 saturated heterocycles. The van der Waals surface area contributed by atoms with Gasteiger partial charge in [0.05, 0.1) is 11.0 Å². The number of hydrogen-bond donors (Lipinski definition) is 0. The number of sulfonamides is 1. The van der Waals surface area contributed by atoms with Crippen molar-refractivity contribution in [3.8, 4) is 0 Å². The smallest absolute Gasteiger partial charge is 0.258 e. The fourth-order valence-electron chi connectivity index (χ4n) is 3.49. The maximum atomic E-state index is 13.5. The first kappa shape index (κ1) is 17.8. The molecule has 8 heteroatoms. The highest BCUT2D eigenvalue weighted by Gasteiger charge is 2.40. The first-order valence-electron chi connectivity index (χ1n) is 8.36. The maximum Gasteiger partial charge on any atom is 0.289 e. The Hall–Kier alpha value is -2.55. The fourth-order valence-corrected chi connectivity index (χ4v) is 6.14. The van der Waals surface area contributed by atoms with Gasteiger partial charge in [-0.15, -0.1) is 11.3 Å². The van der Waals surface area contributed by atoms with Gasteiger partial charge in [0.1, 0.15) is 0 Å². The summed E-state index contributed by atoms with van der Waals surface area (Å²) in [5, 5.41) is 13.3. The molecule has 4 rings (SSSR count). The average molecular weight is 400 g/mol. The number of benzene rings is 2. The summed E-state index contributed by atoms with van der Waals surface area (Å²) in [6.45, 7) is 0.279. The van der Waals surface area contributed by atoms with Crippen LogP contribution in [0, 0.1) is 10.1 Å². The zero-order valence-corrected chi connectivity index (χ0v) is 15.8. The van der Waals surface area contributed by atoms with Crippen LogP contribution in [0.2, 0.25) is 0 Å². The Morgan fingerprint density at radius 1 is 1.04 bits per heavy atom. The molecule has 2 aromatic carbocycles. The monoisotopic (exact) mass is 400 g/mol. The molecular weight excluding hydrogens is 384 g/mol. The molecule has 6 nitrogen and oxygen atoms in total. The van der Waals surface area contributed by atoms with Gasteiger partial charge in [0.25, 0.3) is 15.7 Å². The molecule has 3 aromatic rings. The Labute approximate surface area is 160 Å². The third kappa shape index (κ3) is 3.05. The number of rotatable bonds is 4. The van der Waals surface area contributed by atoms with E-state index in [0.29, 0.717) is 6.42 Å². The number of hydrogen-bond acceptors (Lipinski definition) is 5. The van der Waals surface area contributed by atoms with Crippen LogP contribution in [0.15, 0.2) is 70.9 Å². The summed E-state index contributed by atoms with van der Waals surface area (Å²) in [5.41, 5.74) is 1.39. The van der Waals surface area contributed by atoms with Crippen molar-refractivity contribution in [2.24, 2.45) is 0 Å². The van der Waals surface area contributed by atoms with Gasteiger partial charge in [-0.05, 0) is 35.1 Å². The fraction of sp³-hybridized carbons (Fsp3) is 0.158. The molecule has 0 spiro atoms. The average Bonchev–Trinajstić information content (AvgIpc) is 3.16. The van der Waals surface area contributed by atoms with E-state index in [-0.39, 0.29) is 11.4 Å². The van der Waals surface area contributed by atoms with E-state index in [1.807, 2.05) is 41.8 Å². The van der Waals surface area contributed by atoms with Gasteiger partial charge in [0.2, 0.25) is 0 Å². The molecule has 1 aliphatic heterocycles. The molecule has 138 valence electrons. The molecule has 1 atom stereocenters. The van der Waals surface area contributed by atoms with Crippen LogP contribution in [0.5, 0.6) is 0 Å². The van der Waals surface area contributed by atoms with Gasteiger partial charge >= 0.3 is 0 Å². The van der Waals surface area contributed by atoms with E-state index in [4.69, 9.17) is 0 Å². The summed E-state index contributed by atoms with van der Waals surface area (Å²) in [4.78, 5) is 11.6. The zero-order chi connectivity index (χ0) is 19.0. The van der Waals surface area contributed by atoms with Gasteiger partial charge in [0, 0.05) is 17.5 Å². The maximum absolute atomic E-state index is 13.5. The Morgan fingerprint density at radius 2 is 1.74 bits per heavy atom. The van der Waals surface area contributed by atoms with Crippen LogP contribution >= 0.6 is 11.3 Å². The Morgan fingerprint density at radius 3 is 2.48 bits per heavy atom. The predicted octanol–water partition coefficient (Wildman–Crippen LogP) is 3.99. The van der Waals surface area contributed by atoms with Crippen molar-refractivity contribution in [2.45, 2.75) is 17.4 Å². The van der Waals surface area contributed by atoms with Gasteiger partial charge in [-0.3, -0.25) is 10.1 Å². The standard InChI is InChI=1S/C19H16N2O4S2/c22-21(23)16-8-4-5-9-18(16)27(24,25)20-12-10-17-15(11-13-26-17)19(20)14-6-2-1-3-7-14/h1-9,11,13,19H,10,12H2. The summed E-state index contributed by atoms with van der Waals surface area (Å²) < 4.78 is 28.3. The second kappa shape index (κ2) is 6.88. The molecule has 0 fully saturated rings. The Kier molecular flexibility index (Phi) is 4.55. The van der Waals surface area contributed by atoms with E-state index in [0.717, 1.165) is 16.0 Å². The summed E-state index contributed by atoms with van der Waals surface area (Å²) in [7, 11) is -4.06. The SMILES string of the molecule is O=[N+]([O-])c1ccccc1S(=O)(=O)N1CCc2sccc2C1c1ccccc1. The molecule has 0 amide bonds. The van der Waals surface area contributed by atoms with Gasteiger partial charge in [-0.2, -0.15) is 4.31 Å². The molecule has 0 saturated carbocycles. The largest absolute Gasteiger partial charge is 0.289 e. The number of thiophene rings is 1. The second-order valence-corrected chi connectivity index (χ2v) is 9.06. The van der Waals surface area contributed by atoms with Crippen LogP contribution in [-0.4, -0.2) is 24.2 Å². The molecule has 1 unspecified atom stereocenters. The van der Waals surface area contributed by atoms with Gasteiger partial charge in [0.15, 0.2) is 4.90 Å². The van der Waals surface area contributed by atoms with Gasteiger partial charge < -0.3 is 0 Å². The van der Waals surface area contributed by atoms with Crippen molar-refractivity contribution in [3.63, 3.8) is 0 Å². The minimum absolute atomic E-state index is 0.269. The van der Waals surface area contributed by atoms with E-state index >= 15 is 0 Å². The third-order valence-corrected chi connectivity index (χ3v) is 7.59. The molecule has 1 aliphatic rings. The van der Waals surface area contributed by atoms with Crippen molar-refractivity contribution >= 4 is 27.0 Å².